The summed E-state index contributed by atoms with van der Waals surface area (Å²) in [5, 5.41) is 14.4. The second kappa shape index (κ2) is 4.14. The first-order valence-electron chi connectivity index (χ1n) is 5.02. The highest BCUT2D eigenvalue weighted by atomic mass is 32.1. The van der Waals surface area contributed by atoms with Crippen LogP contribution < -0.4 is 5.32 Å². The fourth-order valence-corrected chi connectivity index (χ4v) is 2.28. The van der Waals surface area contributed by atoms with Crippen LogP contribution in [-0.2, 0) is 0 Å². The molecular formula is C9H13N3O2S. The van der Waals surface area contributed by atoms with Crippen LogP contribution in [-0.4, -0.2) is 15.9 Å². The van der Waals surface area contributed by atoms with E-state index >= 15 is 0 Å². The van der Waals surface area contributed by atoms with Gasteiger partial charge in [-0.1, -0.05) is 12.8 Å². The summed E-state index contributed by atoms with van der Waals surface area (Å²) in [5.41, 5.74) is 0. The molecular weight excluding hydrogens is 214 g/mol. The van der Waals surface area contributed by atoms with Gasteiger partial charge in [-0.25, -0.2) is 4.98 Å². The van der Waals surface area contributed by atoms with Gasteiger partial charge in [0.2, 0.25) is 0 Å². The molecule has 2 rings (SSSR count). The molecule has 6 heteroatoms. The highest BCUT2D eigenvalue weighted by Crippen LogP contribution is 2.34. The Morgan fingerprint density at radius 2 is 2.53 bits per heavy atom. The summed E-state index contributed by atoms with van der Waals surface area (Å²) < 4.78 is 0. The quantitative estimate of drug-likeness (QED) is 0.620. The summed E-state index contributed by atoms with van der Waals surface area (Å²) in [6.07, 6.45) is 5.08. The van der Waals surface area contributed by atoms with E-state index in [1.165, 1.54) is 19.0 Å². The van der Waals surface area contributed by atoms with E-state index in [1.807, 2.05) is 0 Å². The molecule has 1 N–H and O–H groups in total. The molecule has 0 aliphatic heterocycles. The first-order valence-corrected chi connectivity index (χ1v) is 5.83. The van der Waals surface area contributed by atoms with Crippen molar-refractivity contribution < 1.29 is 4.92 Å². The zero-order valence-corrected chi connectivity index (χ0v) is 9.29. The maximum Gasteiger partial charge on any atom is 0.345 e. The number of hydrogen-bond donors (Lipinski definition) is 1. The van der Waals surface area contributed by atoms with Gasteiger partial charge in [-0.3, -0.25) is 10.1 Å². The van der Waals surface area contributed by atoms with E-state index < -0.39 is 4.92 Å². The lowest BCUT2D eigenvalue weighted by Crippen LogP contribution is -2.15. The molecule has 0 aromatic carbocycles. The van der Waals surface area contributed by atoms with Crippen molar-refractivity contribution in [3.63, 3.8) is 0 Å². The van der Waals surface area contributed by atoms with Crippen molar-refractivity contribution in [3.8, 4) is 0 Å². The Labute approximate surface area is 91.7 Å². The average Bonchev–Trinajstić information content (AvgIpc) is 2.82. The molecule has 0 spiro atoms. The molecule has 0 saturated heterocycles. The second-order valence-electron chi connectivity index (χ2n) is 3.99. The van der Waals surface area contributed by atoms with Gasteiger partial charge in [0, 0.05) is 6.04 Å². The van der Waals surface area contributed by atoms with E-state index in [0.29, 0.717) is 11.2 Å². The van der Waals surface area contributed by atoms with E-state index in [2.05, 4.69) is 17.2 Å². The minimum atomic E-state index is -0.408. The van der Waals surface area contributed by atoms with E-state index in [0.717, 1.165) is 23.7 Å². The molecule has 1 aromatic rings. The van der Waals surface area contributed by atoms with E-state index in [4.69, 9.17) is 0 Å². The maximum atomic E-state index is 10.4. The Bertz CT molecular complexity index is 362. The first-order chi connectivity index (χ1) is 7.15. The number of nitrogens with zero attached hydrogens (tertiary/aromatic N) is 2. The maximum absolute atomic E-state index is 10.4. The number of rotatable bonds is 5. The Hall–Kier alpha value is -1.17. The summed E-state index contributed by atoms with van der Waals surface area (Å²) in [7, 11) is 0. The Morgan fingerprint density at radius 1 is 1.80 bits per heavy atom. The van der Waals surface area contributed by atoms with Crippen molar-refractivity contribution in [3.05, 3.63) is 16.3 Å². The van der Waals surface area contributed by atoms with Crippen LogP contribution in [0, 0.1) is 16.0 Å². The molecule has 82 valence electrons. The third-order valence-corrected chi connectivity index (χ3v) is 3.31. The molecule has 1 saturated carbocycles. The zero-order chi connectivity index (χ0) is 10.8. The number of nitrogens with one attached hydrogen (secondary N) is 1. The molecule has 0 amide bonds. The van der Waals surface area contributed by atoms with Crippen LogP contribution in [0.25, 0.3) is 0 Å². The molecule has 1 aliphatic carbocycles. The van der Waals surface area contributed by atoms with Crippen molar-refractivity contribution >= 4 is 21.5 Å². The molecule has 0 bridgehead atoms. The van der Waals surface area contributed by atoms with Crippen LogP contribution >= 0.6 is 11.3 Å². The fraction of sp³-hybridized carbons (Fsp3) is 0.667. The van der Waals surface area contributed by atoms with Crippen molar-refractivity contribution in [2.45, 2.75) is 32.2 Å². The summed E-state index contributed by atoms with van der Waals surface area (Å²) >= 11 is 1.10. The van der Waals surface area contributed by atoms with Crippen LogP contribution in [0.5, 0.6) is 0 Å². The van der Waals surface area contributed by atoms with Gasteiger partial charge in [-0.05, 0) is 30.6 Å². The summed E-state index contributed by atoms with van der Waals surface area (Å²) in [6.45, 7) is 2.09. The molecule has 1 atom stereocenters. The highest BCUT2D eigenvalue weighted by Gasteiger charge is 2.24. The third kappa shape index (κ3) is 2.89. The van der Waals surface area contributed by atoms with Gasteiger partial charge in [0.25, 0.3) is 0 Å². The summed E-state index contributed by atoms with van der Waals surface area (Å²) in [5.74, 6) is 0.849. The van der Waals surface area contributed by atoms with Gasteiger partial charge in [0.15, 0.2) is 5.13 Å². The molecule has 0 radical (unpaired) electrons. The first kappa shape index (κ1) is 10.4. The molecule has 1 fully saturated rings. The molecule has 1 unspecified atom stereocenters. The highest BCUT2D eigenvalue weighted by molar-refractivity contribution is 7.18. The lowest BCUT2D eigenvalue weighted by molar-refractivity contribution is -0.380. The van der Waals surface area contributed by atoms with Gasteiger partial charge in [0.1, 0.15) is 6.20 Å². The molecule has 1 aliphatic rings. The Morgan fingerprint density at radius 3 is 3.07 bits per heavy atom. The molecule has 1 heterocycles. The predicted molar refractivity (Wildman–Crippen MR) is 59.2 cm³/mol. The van der Waals surface area contributed by atoms with Crippen LogP contribution in [0.1, 0.15) is 26.2 Å². The van der Waals surface area contributed by atoms with Crippen LogP contribution in [0.2, 0.25) is 0 Å². The normalized spacial score (nSPS) is 17.4. The minimum absolute atomic E-state index is 0.0936. The monoisotopic (exact) mass is 227 g/mol. The number of thiazole rings is 1. The molecule has 1 aromatic heterocycles. The number of aromatic nitrogens is 1. The standard InChI is InChI=1S/C9H13N3O2S/c1-6(4-7-2-3-7)11-9-10-5-8(15-9)12(13)14/h5-7H,2-4H2,1H3,(H,10,11). The zero-order valence-electron chi connectivity index (χ0n) is 8.47. The van der Waals surface area contributed by atoms with Crippen molar-refractivity contribution in [1.29, 1.82) is 0 Å². The van der Waals surface area contributed by atoms with Gasteiger partial charge in [-0.2, -0.15) is 0 Å². The minimum Gasteiger partial charge on any atom is -0.359 e. The largest absolute Gasteiger partial charge is 0.359 e. The second-order valence-corrected chi connectivity index (χ2v) is 4.99. The third-order valence-electron chi connectivity index (χ3n) is 2.43. The van der Waals surface area contributed by atoms with Crippen molar-refractivity contribution in [1.82, 2.24) is 4.98 Å². The topological polar surface area (TPSA) is 68.1 Å². The smallest absolute Gasteiger partial charge is 0.345 e. The van der Waals surface area contributed by atoms with E-state index in [1.54, 1.807) is 0 Å². The number of anilines is 1. The lowest BCUT2D eigenvalue weighted by Gasteiger charge is -2.10. The number of hydrogen-bond acceptors (Lipinski definition) is 5. The average molecular weight is 227 g/mol. The van der Waals surface area contributed by atoms with E-state index in [9.17, 15) is 10.1 Å². The Kier molecular flexibility index (Phi) is 2.86. The number of nitro groups is 1. The molecule has 15 heavy (non-hydrogen) atoms. The summed E-state index contributed by atoms with van der Waals surface area (Å²) in [6, 6.07) is 0.350. The lowest BCUT2D eigenvalue weighted by atomic mass is 10.2. The van der Waals surface area contributed by atoms with Crippen molar-refractivity contribution in [2.75, 3.05) is 5.32 Å². The van der Waals surface area contributed by atoms with Gasteiger partial charge in [-0.15, -0.1) is 0 Å². The molecule has 5 nitrogen and oxygen atoms in total. The SMILES string of the molecule is CC(CC1CC1)Nc1ncc([N+](=O)[O-])s1. The van der Waals surface area contributed by atoms with Crippen LogP contribution in [0.4, 0.5) is 10.1 Å². The summed E-state index contributed by atoms with van der Waals surface area (Å²) in [4.78, 5) is 14.0. The van der Waals surface area contributed by atoms with Crippen LogP contribution in [0.3, 0.4) is 0 Å². The van der Waals surface area contributed by atoms with Gasteiger partial charge < -0.3 is 5.32 Å². The Balaban J connectivity index is 1.88. The van der Waals surface area contributed by atoms with Gasteiger partial charge >= 0.3 is 5.00 Å². The van der Waals surface area contributed by atoms with Crippen molar-refractivity contribution in [2.24, 2.45) is 5.92 Å². The van der Waals surface area contributed by atoms with E-state index in [-0.39, 0.29) is 5.00 Å². The fourth-order valence-electron chi connectivity index (χ4n) is 1.54. The van der Waals surface area contributed by atoms with Gasteiger partial charge in [0.05, 0.1) is 4.92 Å². The van der Waals surface area contributed by atoms with Crippen LogP contribution in [0.15, 0.2) is 6.20 Å². The predicted octanol–water partition coefficient (Wildman–Crippen LogP) is 2.65.